The summed E-state index contributed by atoms with van der Waals surface area (Å²) in [5, 5.41) is 24.9. The molecule has 2 amide bonds. The van der Waals surface area contributed by atoms with Crippen LogP contribution in [0.1, 0.15) is 54.9 Å². The first-order chi connectivity index (χ1) is 20.8. The number of likely N-dealkylation sites (tertiary alicyclic amines) is 1. The number of rotatable bonds is 6. The lowest BCUT2D eigenvalue weighted by Gasteiger charge is -2.27. The van der Waals surface area contributed by atoms with E-state index in [4.69, 9.17) is 19.0 Å². The fourth-order valence-corrected chi connectivity index (χ4v) is 5.10. The quantitative estimate of drug-likeness (QED) is 0.286. The van der Waals surface area contributed by atoms with Crippen LogP contribution in [0.2, 0.25) is 0 Å². The predicted octanol–water partition coefficient (Wildman–Crippen LogP) is 2.72. The Morgan fingerprint density at radius 2 is 1.70 bits per heavy atom. The lowest BCUT2D eigenvalue weighted by molar-refractivity contribution is -0.141. The summed E-state index contributed by atoms with van der Waals surface area (Å²) in [6, 6.07) is 2.44. The molecular formula is C31H41N3O9. The maximum atomic E-state index is 13.1. The average molecular weight is 600 g/mol. The second-order valence-corrected chi connectivity index (χ2v) is 10.8. The van der Waals surface area contributed by atoms with E-state index in [1.165, 1.54) is 6.07 Å². The van der Waals surface area contributed by atoms with Crippen molar-refractivity contribution in [3.8, 4) is 11.5 Å². The zero-order valence-corrected chi connectivity index (χ0v) is 24.6. The number of carbonyl (C=O) groups is 3. The van der Waals surface area contributed by atoms with Crippen LogP contribution < -0.4 is 0 Å². The van der Waals surface area contributed by atoms with Crippen molar-refractivity contribution in [2.24, 2.45) is 5.16 Å². The summed E-state index contributed by atoms with van der Waals surface area (Å²) in [7, 11) is 0. The lowest BCUT2D eigenvalue weighted by Crippen LogP contribution is -2.42. The molecule has 43 heavy (non-hydrogen) atoms. The molecule has 0 unspecified atom stereocenters. The lowest BCUT2D eigenvalue weighted by atomic mass is 9.99. The van der Waals surface area contributed by atoms with Crippen LogP contribution in [0.4, 0.5) is 0 Å². The fourth-order valence-electron chi connectivity index (χ4n) is 5.10. The molecule has 1 aromatic carbocycles. The fraction of sp³-hybridized carbons (Fsp3) is 0.548. The second kappa shape index (κ2) is 16.1. The minimum absolute atomic E-state index is 0.00788. The molecule has 2 atom stereocenters. The first kappa shape index (κ1) is 32.0. The summed E-state index contributed by atoms with van der Waals surface area (Å²) in [6.07, 6.45) is 9.91. The molecule has 4 rings (SSSR count). The number of hydrogen-bond acceptors (Lipinski definition) is 10. The van der Waals surface area contributed by atoms with E-state index in [2.05, 4.69) is 5.16 Å². The standard InChI is InChI=1S/C31H41N3O9/c1-22-7-5-9-26(41-20-28(37)34-13-15-40-16-14-34)10-6-8-24(32-42-21-29(38)33-11-3-2-4-12-33)17-23-18-25(35)19-27(36)30(23)31(39)43-22/h5-6,8-9,18-19,22,26,35-36H,2-4,7,10-17,20-21H2,1H3/b8-6+,9-5+,32-24+/t22-,26-/m1/s1. The van der Waals surface area contributed by atoms with Gasteiger partial charge in [0.25, 0.3) is 5.91 Å². The first-order valence-corrected chi connectivity index (χ1v) is 14.8. The summed E-state index contributed by atoms with van der Waals surface area (Å²) in [5.41, 5.74) is 0.530. The molecule has 0 bridgehead atoms. The van der Waals surface area contributed by atoms with Crippen LogP contribution in [0.3, 0.4) is 0 Å². The summed E-state index contributed by atoms with van der Waals surface area (Å²) in [5.74, 6) is -1.68. The first-order valence-electron chi connectivity index (χ1n) is 14.8. The molecule has 3 heterocycles. The van der Waals surface area contributed by atoms with Gasteiger partial charge in [0, 0.05) is 45.1 Å². The third-order valence-electron chi connectivity index (χ3n) is 7.43. The largest absolute Gasteiger partial charge is 0.508 e. The van der Waals surface area contributed by atoms with E-state index in [1.807, 2.05) is 12.2 Å². The number of phenols is 2. The molecule has 0 aromatic heterocycles. The van der Waals surface area contributed by atoms with E-state index in [1.54, 1.807) is 28.9 Å². The number of oxime groups is 1. The number of esters is 1. The SMILES string of the molecule is C[C@@H]1C/C=C/[C@@H](OCC(=O)N2CCOCC2)C/C=C/C(=N\OCC(=O)N2CCCCC2)Cc2cc(O)cc(O)c2C(=O)O1. The predicted molar refractivity (Wildman–Crippen MR) is 157 cm³/mol. The number of hydrogen-bond donors (Lipinski definition) is 2. The highest BCUT2D eigenvalue weighted by Crippen LogP contribution is 2.29. The van der Waals surface area contributed by atoms with E-state index in [0.717, 1.165) is 25.3 Å². The van der Waals surface area contributed by atoms with Crippen LogP contribution in [0, 0.1) is 0 Å². The summed E-state index contributed by atoms with van der Waals surface area (Å²) in [4.78, 5) is 47.2. The number of nitrogens with zero attached hydrogens (tertiary/aromatic N) is 3. The van der Waals surface area contributed by atoms with Crippen molar-refractivity contribution in [1.29, 1.82) is 0 Å². The van der Waals surface area contributed by atoms with Crippen LogP contribution in [-0.4, -0.2) is 108 Å². The van der Waals surface area contributed by atoms with E-state index in [9.17, 15) is 24.6 Å². The van der Waals surface area contributed by atoms with E-state index in [-0.39, 0.29) is 48.3 Å². The highest BCUT2D eigenvalue weighted by atomic mass is 16.6. The van der Waals surface area contributed by atoms with Gasteiger partial charge >= 0.3 is 5.97 Å². The number of allylic oxidation sites excluding steroid dienone is 1. The Morgan fingerprint density at radius 1 is 0.977 bits per heavy atom. The third kappa shape index (κ3) is 9.82. The van der Waals surface area contributed by atoms with Crippen molar-refractivity contribution in [2.75, 3.05) is 52.6 Å². The number of amides is 2. The maximum absolute atomic E-state index is 13.1. The molecule has 234 valence electrons. The van der Waals surface area contributed by atoms with Gasteiger partial charge < -0.3 is 39.1 Å². The van der Waals surface area contributed by atoms with Crippen LogP contribution in [0.25, 0.3) is 0 Å². The number of phenolic OH excluding ortho intramolecular Hbond substituents is 2. The van der Waals surface area contributed by atoms with E-state index >= 15 is 0 Å². The van der Waals surface area contributed by atoms with Crippen molar-refractivity contribution < 1.29 is 43.6 Å². The Hall–Kier alpha value is -3.90. The number of ether oxygens (including phenoxy) is 3. The van der Waals surface area contributed by atoms with Crippen molar-refractivity contribution in [1.82, 2.24) is 9.80 Å². The summed E-state index contributed by atoms with van der Waals surface area (Å²) in [6.45, 7) is 4.82. The van der Waals surface area contributed by atoms with Crippen molar-refractivity contribution in [2.45, 2.75) is 57.7 Å². The van der Waals surface area contributed by atoms with Gasteiger partial charge in [0.05, 0.1) is 25.0 Å². The Kier molecular flexibility index (Phi) is 12.0. The van der Waals surface area contributed by atoms with Gasteiger partial charge in [-0.05, 0) is 50.3 Å². The van der Waals surface area contributed by atoms with Crippen LogP contribution in [-0.2, 0) is 35.1 Å². The number of fused-ring (bicyclic) bond motifs is 1. The second-order valence-electron chi connectivity index (χ2n) is 10.8. The molecule has 2 fully saturated rings. The Balaban J connectivity index is 1.53. The number of morpholine rings is 1. The molecule has 0 aliphatic carbocycles. The van der Waals surface area contributed by atoms with Gasteiger partial charge in [0.15, 0.2) is 6.61 Å². The minimum atomic E-state index is -0.751. The molecule has 3 aliphatic heterocycles. The van der Waals surface area contributed by atoms with Crippen molar-refractivity contribution in [3.63, 3.8) is 0 Å². The number of aromatic hydroxyl groups is 2. The summed E-state index contributed by atoms with van der Waals surface area (Å²) < 4.78 is 16.9. The highest BCUT2D eigenvalue weighted by molar-refractivity contribution is 6.00. The maximum Gasteiger partial charge on any atom is 0.342 e. The minimum Gasteiger partial charge on any atom is -0.508 e. The smallest absolute Gasteiger partial charge is 0.342 e. The van der Waals surface area contributed by atoms with Crippen molar-refractivity contribution in [3.05, 3.63) is 47.6 Å². The van der Waals surface area contributed by atoms with Crippen LogP contribution >= 0.6 is 0 Å². The molecule has 2 N–H and O–H groups in total. The molecule has 0 radical (unpaired) electrons. The van der Waals surface area contributed by atoms with Gasteiger partial charge in [-0.2, -0.15) is 0 Å². The number of cyclic esters (lactones) is 1. The number of piperidine rings is 1. The molecule has 0 spiro atoms. The monoisotopic (exact) mass is 599 g/mol. The summed E-state index contributed by atoms with van der Waals surface area (Å²) >= 11 is 0. The molecule has 1 aromatic rings. The van der Waals surface area contributed by atoms with Crippen molar-refractivity contribution >= 4 is 23.5 Å². The topological polar surface area (TPSA) is 147 Å². The van der Waals surface area contributed by atoms with Gasteiger partial charge in [0.2, 0.25) is 5.91 Å². The normalized spacial score (nSPS) is 24.4. The molecule has 12 nitrogen and oxygen atoms in total. The third-order valence-corrected chi connectivity index (χ3v) is 7.43. The van der Waals surface area contributed by atoms with E-state index in [0.29, 0.717) is 57.9 Å². The molecule has 12 heteroatoms. The van der Waals surface area contributed by atoms with Gasteiger partial charge in [-0.1, -0.05) is 23.4 Å². The van der Waals surface area contributed by atoms with Gasteiger partial charge in [-0.25, -0.2) is 4.79 Å². The van der Waals surface area contributed by atoms with Crippen LogP contribution in [0.5, 0.6) is 11.5 Å². The Bertz CT molecular complexity index is 1220. The average Bonchev–Trinajstić information content (AvgIpc) is 2.99. The van der Waals surface area contributed by atoms with Gasteiger partial charge in [-0.15, -0.1) is 0 Å². The molecular weight excluding hydrogens is 558 g/mol. The number of benzene rings is 1. The van der Waals surface area contributed by atoms with Crippen LogP contribution in [0.15, 0.2) is 41.6 Å². The Labute approximate surface area is 251 Å². The Morgan fingerprint density at radius 3 is 2.47 bits per heavy atom. The number of carbonyl (C=O) groups excluding carboxylic acids is 3. The van der Waals surface area contributed by atoms with Gasteiger partial charge in [0.1, 0.15) is 29.8 Å². The molecule has 0 saturated carbocycles. The molecule has 3 aliphatic rings. The zero-order chi connectivity index (χ0) is 30.6. The highest BCUT2D eigenvalue weighted by Gasteiger charge is 2.23. The molecule has 2 saturated heterocycles. The zero-order valence-electron chi connectivity index (χ0n) is 24.6. The van der Waals surface area contributed by atoms with E-state index < -0.39 is 23.9 Å². The van der Waals surface area contributed by atoms with Gasteiger partial charge in [-0.3, -0.25) is 9.59 Å².